The van der Waals surface area contributed by atoms with E-state index in [2.05, 4.69) is 25.3 Å². The summed E-state index contributed by atoms with van der Waals surface area (Å²) in [6.07, 6.45) is 0.664. The lowest BCUT2D eigenvalue weighted by molar-refractivity contribution is 0.370. The van der Waals surface area contributed by atoms with Crippen molar-refractivity contribution in [3.8, 4) is 0 Å². The maximum absolute atomic E-state index is 5.96. The van der Waals surface area contributed by atoms with Crippen LogP contribution in [0.15, 0.2) is 21.6 Å². The molecule has 126 valence electrons. The number of thiophene rings is 1. The molecular weight excluding hydrogens is 334 g/mol. The van der Waals surface area contributed by atoms with E-state index >= 15 is 0 Å². The normalized spacial score (nSPS) is 12.0. The molecule has 2 aromatic rings. The van der Waals surface area contributed by atoms with Gasteiger partial charge >= 0.3 is 0 Å². The minimum atomic E-state index is 0.275. The number of nitrogens with one attached hydrogen (secondary N) is 1. The third-order valence-corrected chi connectivity index (χ3v) is 4.43. The number of hydrogen-bond donors (Lipinski definition) is 1. The van der Waals surface area contributed by atoms with Crippen molar-refractivity contribution in [1.82, 2.24) is 20.4 Å². The van der Waals surface area contributed by atoms with Gasteiger partial charge in [-0.3, -0.25) is 4.99 Å². The number of aromatic nitrogens is 2. The third-order valence-electron chi connectivity index (χ3n) is 3.22. The van der Waals surface area contributed by atoms with Crippen LogP contribution in [0, 0.1) is 0 Å². The predicted molar refractivity (Wildman–Crippen MR) is 94.2 cm³/mol. The number of hydrogen-bond acceptors (Lipinski definition) is 5. The molecule has 2 heterocycles. The molecule has 0 amide bonds. The second-order valence-electron chi connectivity index (χ2n) is 5.49. The zero-order valence-corrected chi connectivity index (χ0v) is 15.4. The van der Waals surface area contributed by atoms with Gasteiger partial charge in [0.2, 0.25) is 5.89 Å². The first kappa shape index (κ1) is 17.7. The van der Waals surface area contributed by atoms with Crippen LogP contribution >= 0.6 is 22.9 Å². The Labute approximate surface area is 145 Å². The van der Waals surface area contributed by atoms with Crippen LogP contribution in [0.1, 0.15) is 36.4 Å². The van der Waals surface area contributed by atoms with Gasteiger partial charge in [-0.25, -0.2) is 0 Å². The summed E-state index contributed by atoms with van der Waals surface area (Å²) in [5, 5.41) is 7.26. The molecule has 0 spiro atoms. The number of halogens is 1. The van der Waals surface area contributed by atoms with Crippen LogP contribution in [0.25, 0.3) is 0 Å². The average Bonchev–Trinajstić information content (AvgIpc) is 3.13. The highest BCUT2D eigenvalue weighted by Crippen LogP contribution is 2.22. The smallest absolute Gasteiger partial charge is 0.228 e. The monoisotopic (exact) mass is 355 g/mol. The van der Waals surface area contributed by atoms with Crippen LogP contribution in [-0.2, 0) is 13.0 Å². The van der Waals surface area contributed by atoms with Gasteiger partial charge < -0.3 is 14.7 Å². The summed E-state index contributed by atoms with van der Waals surface area (Å²) in [7, 11) is 3.76. The highest BCUT2D eigenvalue weighted by atomic mass is 35.5. The molecule has 23 heavy (non-hydrogen) atoms. The lowest BCUT2D eigenvalue weighted by atomic mass is 10.2. The van der Waals surface area contributed by atoms with Gasteiger partial charge in [0.15, 0.2) is 11.8 Å². The summed E-state index contributed by atoms with van der Waals surface area (Å²) in [5.74, 6) is 2.48. The van der Waals surface area contributed by atoms with Gasteiger partial charge in [0.05, 0.1) is 10.9 Å². The van der Waals surface area contributed by atoms with Crippen LogP contribution < -0.4 is 5.32 Å². The second kappa shape index (κ2) is 8.31. The zero-order chi connectivity index (χ0) is 16.8. The largest absolute Gasteiger partial charge is 0.356 e. The lowest BCUT2D eigenvalue weighted by Gasteiger charge is -2.21. The van der Waals surface area contributed by atoms with Gasteiger partial charge in [-0.15, -0.1) is 11.3 Å². The molecule has 0 aliphatic heterocycles. The van der Waals surface area contributed by atoms with Crippen molar-refractivity contribution >= 4 is 28.9 Å². The highest BCUT2D eigenvalue weighted by Gasteiger charge is 2.11. The maximum atomic E-state index is 5.96. The van der Waals surface area contributed by atoms with Gasteiger partial charge in [0.25, 0.3) is 0 Å². The summed E-state index contributed by atoms with van der Waals surface area (Å²) in [6, 6.07) is 3.94. The number of aliphatic imine (C=N–C) groups is 1. The van der Waals surface area contributed by atoms with Crippen LogP contribution in [-0.4, -0.2) is 41.6 Å². The summed E-state index contributed by atoms with van der Waals surface area (Å²) in [4.78, 5) is 11.9. The molecule has 0 atom stereocenters. The molecule has 0 saturated carbocycles. The van der Waals surface area contributed by atoms with E-state index in [9.17, 15) is 0 Å². The van der Waals surface area contributed by atoms with Gasteiger partial charge in [-0.2, -0.15) is 4.98 Å². The van der Waals surface area contributed by atoms with Crippen molar-refractivity contribution in [3.05, 3.63) is 33.1 Å². The van der Waals surface area contributed by atoms with Gasteiger partial charge in [-0.05, 0) is 12.1 Å². The first-order chi connectivity index (χ1) is 11.0. The Hall–Kier alpha value is -1.60. The molecule has 0 aliphatic carbocycles. The molecular formula is C15H22ClN5OS. The van der Waals surface area contributed by atoms with Crippen molar-refractivity contribution in [3.63, 3.8) is 0 Å². The molecule has 2 aromatic heterocycles. The Kier molecular flexibility index (Phi) is 6.41. The SMILES string of the molecule is CN=C(NCCc1nc(C(C)C)no1)N(C)Cc1ccc(Cl)s1. The Balaban J connectivity index is 1.82. The van der Waals surface area contributed by atoms with Crippen molar-refractivity contribution in [2.45, 2.75) is 32.7 Å². The van der Waals surface area contributed by atoms with Crippen molar-refractivity contribution < 1.29 is 4.52 Å². The molecule has 0 radical (unpaired) electrons. The second-order valence-corrected chi connectivity index (χ2v) is 7.29. The molecule has 0 saturated heterocycles. The average molecular weight is 356 g/mol. The fourth-order valence-electron chi connectivity index (χ4n) is 2.02. The fourth-order valence-corrected chi connectivity index (χ4v) is 3.16. The summed E-state index contributed by atoms with van der Waals surface area (Å²) in [6.45, 7) is 5.53. The predicted octanol–water partition coefficient (Wildman–Crippen LogP) is 3.16. The summed E-state index contributed by atoms with van der Waals surface area (Å²) in [5.41, 5.74) is 0. The first-order valence-electron chi connectivity index (χ1n) is 7.48. The fraction of sp³-hybridized carbons (Fsp3) is 0.533. The van der Waals surface area contributed by atoms with E-state index in [1.54, 1.807) is 18.4 Å². The van der Waals surface area contributed by atoms with Crippen molar-refractivity contribution in [1.29, 1.82) is 0 Å². The van der Waals surface area contributed by atoms with Crippen molar-refractivity contribution in [2.75, 3.05) is 20.6 Å². The lowest BCUT2D eigenvalue weighted by Crippen LogP contribution is -2.39. The summed E-state index contributed by atoms with van der Waals surface area (Å²) >= 11 is 7.54. The molecule has 6 nitrogen and oxygen atoms in total. The van der Waals surface area contributed by atoms with E-state index in [1.165, 1.54) is 4.88 Å². The molecule has 1 N–H and O–H groups in total. The quantitative estimate of drug-likeness (QED) is 0.636. The van der Waals surface area contributed by atoms with Gasteiger partial charge in [0.1, 0.15) is 0 Å². The van der Waals surface area contributed by atoms with Gasteiger partial charge in [-0.1, -0.05) is 30.6 Å². The number of nitrogens with zero attached hydrogens (tertiary/aromatic N) is 4. The van der Waals surface area contributed by atoms with Crippen LogP contribution in [0.3, 0.4) is 0 Å². The third kappa shape index (κ3) is 5.21. The van der Waals surface area contributed by atoms with E-state index < -0.39 is 0 Å². The Bertz CT molecular complexity index is 652. The van der Waals surface area contributed by atoms with Crippen LogP contribution in [0.5, 0.6) is 0 Å². The molecule has 0 bridgehead atoms. The summed E-state index contributed by atoms with van der Waals surface area (Å²) < 4.78 is 6.03. The molecule has 2 rings (SSSR count). The van der Waals surface area contributed by atoms with E-state index in [-0.39, 0.29) is 5.92 Å². The minimum Gasteiger partial charge on any atom is -0.356 e. The Morgan fingerprint density at radius 1 is 1.48 bits per heavy atom. The van der Waals surface area contributed by atoms with Gasteiger partial charge in [0, 0.05) is 37.9 Å². The number of rotatable bonds is 6. The Morgan fingerprint density at radius 3 is 2.83 bits per heavy atom. The standard InChI is InChI=1S/C15H22ClN5OS/c1-10(2)14-19-13(22-20-14)7-8-18-15(17-3)21(4)9-11-5-6-12(16)23-11/h5-6,10H,7-9H2,1-4H3,(H,17,18). The zero-order valence-electron chi connectivity index (χ0n) is 13.8. The molecule has 0 aromatic carbocycles. The molecule has 0 fully saturated rings. The maximum Gasteiger partial charge on any atom is 0.228 e. The van der Waals surface area contributed by atoms with Crippen LogP contribution in [0.2, 0.25) is 4.34 Å². The first-order valence-corrected chi connectivity index (χ1v) is 8.67. The number of guanidine groups is 1. The van der Waals surface area contributed by atoms with E-state index in [1.807, 2.05) is 33.0 Å². The Morgan fingerprint density at radius 2 is 2.26 bits per heavy atom. The molecule has 0 aliphatic rings. The van der Waals surface area contributed by atoms with E-state index in [4.69, 9.17) is 16.1 Å². The van der Waals surface area contributed by atoms with E-state index in [0.29, 0.717) is 18.9 Å². The topological polar surface area (TPSA) is 66.5 Å². The van der Waals surface area contributed by atoms with Crippen LogP contribution in [0.4, 0.5) is 0 Å². The highest BCUT2D eigenvalue weighted by molar-refractivity contribution is 7.16. The molecule has 0 unspecified atom stereocenters. The molecule has 8 heteroatoms. The minimum absolute atomic E-state index is 0.275. The van der Waals surface area contributed by atoms with E-state index in [0.717, 1.165) is 22.7 Å². The van der Waals surface area contributed by atoms with Crippen molar-refractivity contribution in [2.24, 2.45) is 4.99 Å².